The number of rotatable bonds is 8. The summed E-state index contributed by atoms with van der Waals surface area (Å²) in [6, 6.07) is 12.8. The Hall–Kier alpha value is -4.17. The number of hydrogen-bond acceptors (Lipinski definition) is 6. The molecule has 0 saturated heterocycles. The quantitative estimate of drug-likeness (QED) is 0.350. The molecule has 0 radical (unpaired) electrons. The summed E-state index contributed by atoms with van der Waals surface area (Å²) in [6.07, 6.45) is 6.60. The van der Waals surface area contributed by atoms with E-state index >= 15 is 0 Å². The lowest BCUT2D eigenvalue weighted by Crippen LogP contribution is -2.12. The maximum absolute atomic E-state index is 12.4. The highest BCUT2D eigenvalue weighted by atomic mass is 35.5. The van der Waals surface area contributed by atoms with Crippen molar-refractivity contribution in [3.05, 3.63) is 101 Å². The Morgan fingerprint density at radius 1 is 1.21 bits per heavy atom. The molecule has 0 aliphatic carbocycles. The van der Waals surface area contributed by atoms with Crippen molar-refractivity contribution in [3.63, 3.8) is 0 Å². The average molecular weight is 475 g/mol. The van der Waals surface area contributed by atoms with E-state index in [4.69, 9.17) is 16.3 Å². The number of ether oxygens (including phenoxy) is 1. The summed E-state index contributed by atoms with van der Waals surface area (Å²) >= 11 is 6.18. The fourth-order valence-electron chi connectivity index (χ4n) is 3.31. The molecule has 172 valence electrons. The highest BCUT2D eigenvalue weighted by Gasteiger charge is 2.13. The van der Waals surface area contributed by atoms with Gasteiger partial charge in [0.25, 0.3) is 5.91 Å². The van der Waals surface area contributed by atoms with Crippen LogP contribution in [0.25, 0.3) is 5.70 Å². The van der Waals surface area contributed by atoms with Crippen LogP contribution in [0.4, 0.5) is 5.82 Å². The van der Waals surface area contributed by atoms with Crippen LogP contribution in [0, 0.1) is 6.92 Å². The molecule has 0 fully saturated rings. The third-order valence-electron chi connectivity index (χ3n) is 5.07. The lowest BCUT2D eigenvalue weighted by Gasteiger charge is -2.16. The van der Waals surface area contributed by atoms with Gasteiger partial charge in [0, 0.05) is 61.1 Å². The van der Waals surface area contributed by atoms with Gasteiger partial charge in [0.05, 0.1) is 11.8 Å². The smallest absolute Gasteiger partial charge is 0.260 e. The second-order valence-electron chi connectivity index (χ2n) is 7.59. The molecule has 0 saturated carbocycles. The van der Waals surface area contributed by atoms with Crippen molar-refractivity contribution in [1.82, 2.24) is 25.1 Å². The van der Waals surface area contributed by atoms with Crippen LogP contribution in [-0.2, 0) is 13.6 Å². The minimum absolute atomic E-state index is 0.191. The van der Waals surface area contributed by atoms with E-state index in [0.717, 1.165) is 22.4 Å². The number of benzene rings is 1. The first-order valence-electron chi connectivity index (χ1n) is 10.5. The summed E-state index contributed by atoms with van der Waals surface area (Å²) in [5, 5.41) is 10.3. The van der Waals surface area contributed by atoms with Crippen molar-refractivity contribution in [2.45, 2.75) is 13.5 Å². The Balaban J connectivity index is 1.49. The molecular weight excluding hydrogens is 452 g/mol. The SMILES string of the molecule is C=C(NCc1ccncc1)c1cccc(Oc2cc(Cl)nc(NC(=O)c3cnn(C)c3)c2)c1C. The largest absolute Gasteiger partial charge is 0.457 e. The molecule has 0 bridgehead atoms. The van der Waals surface area contributed by atoms with E-state index in [2.05, 4.69) is 32.3 Å². The molecule has 3 heterocycles. The first-order chi connectivity index (χ1) is 16.4. The Morgan fingerprint density at radius 3 is 2.74 bits per heavy atom. The number of carbonyl (C=O) groups is 1. The van der Waals surface area contributed by atoms with Gasteiger partial charge in [0.2, 0.25) is 0 Å². The van der Waals surface area contributed by atoms with Crippen LogP contribution in [-0.4, -0.2) is 25.7 Å². The van der Waals surface area contributed by atoms with E-state index in [0.29, 0.717) is 23.6 Å². The Morgan fingerprint density at radius 2 is 2.00 bits per heavy atom. The first-order valence-corrected chi connectivity index (χ1v) is 10.8. The van der Waals surface area contributed by atoms with Crippen LogP contribution in [0.15, 0.2) is 73.8 Å². The summed E-state index contributed by atoms with van der Waals surface area (Å²) in [5.74, 6) is 1.01. The summed E-state index contributed by atoms with van der Waals surface area (Å²) in [6.45, 7) is 6.76. The number of nitrogens with zero attached hydrogens (tertiary/aromatic N) is 4. The Bertz CT molecular complexity index is 1340. The number of carbonyl (C=O) groups excluding carboxylic acids is 1. The number of amides is 1. The first kappa shape index (κ1) is 23.0. The maximum atomic E-state index is 12.4. The minimum atomic E-state index is -0.344. The fourth-order valence-corrected chi connectivity index (χ4v) is 3.51. The van der Waals surface area contributed by atoms with E-state index < -0.39 is 0 Å². The Labute approximate surface area is 202 Å². The number of pyridine rings is 2. The molecule has 0 spiro atoms. The summed E-state index contributed by atoms with van der Waals surface area (Å²) < 4.78 is 7.65. The van der Waals surface area contributed by atoms with Crippen LogP contribution in [0.5, 0.6) is 11.5 Å². The highest BCUT2D eigenvalue weighted by molar-refractivity contribution is 6.29. The zero-order valence-electron chi connectivity index (χ0n) is 18.7. The predicted molar refractivity (Wildman–Crippen MR) is 132 cm³/mol. The van der Waals surface area contributed by atoms with Crippen molar-refractivity contribution in [2.24, 2.45) is 7.05 Å². The van der Waals surface area contributed by atoms with E-state index in [1.807, 2.05) is 37.3 Å². The third-order valence-corrected chi connectivity index (χ3v) is 5.26. The van der Waals surface area contributed by atoms with Gasteiger partial charge in [-0.1, -0.05) is 30.3 Å². The van der Waals surface area contributed by atoms with E-state index in [1.165, 1.54) is 6.20 Å². The number of aromatic nitrogens is 4. The molecule has 4 rings (SSSR count). The van der Waals surface area contributed by atoms with Crippen LogP contribution >= 0.6 is 11.6 Å². The van der Waals surface area contributed by atoms with E-state index in [1.54, 1.807) is 42.5 Å². The summed E-state index contributed by atoms with van der Waals surface area (Å²) in [5.41, 5.74) is 4.12. The van der Waals surface area contributed by atoms with Crippen molar-refractivity contribution >= 4 is 29.0 Å². The molecule has 34 heavy (non-hydrogen) atoms. The van der Waals surface area contributed by atoms with Crippen LogP contribution < -0.4 is 15.4 Å². The van der Waals surface area contributed by atoms with Gasteiger partial charge in [-0.2, -0.15) is 5.10 Å². The molecule has 0 aliphatic heterocycles. The van der Waals surface area contributed by atoms with Gasteiger partial charge in [-0.25, -0.2) is 4.98 Å². The second kappa shape index (κ2) is 10.2. The van der Waals surface area contributed by atoms with Crippen molar-refractivity contribution in [3.8, 4) is 11.5 Å². The third kappa shape index (κ3) is 5.60. The van der Waals surface area contributed by atoms with Gasteiger partial charge in [-0.3, -0.25) is 14.5 Å². The topological polar surface area (TPSA) is 94.0 Å². The second-order valence-corrected chi connectivity index (χ2v) is 7.97. The van der Waals surface area contributed by atoms with Crippen molar-refractivity contribution in [2.75, 3.05) is 5.32 Å². The maximum Gasteiger partial charge on any atom is 0.260 e. The van der Waals surface area contributed by atoms with Crippen LogP contribution in [0.3, 0.4) is 0 Å². The fraction of sp³-hybridized carbons (Fsp3) is 0.120. The molecule has 8 nitrogen and oxygen atoms in total. The monoisotopic (exact) mass is 474 g/mol. The lowest BCUT2D eigenvalue weighted by atomic mass is 10.1. The van der Waals surface area contributed by atoms with Crippen LogP contribution in [0.1, 0.15) is 27.0 Å². The van der Waals surface area contributed by atoms with Gasteiger partial charge in [-0.15, -0.1) is 0 Å². The molecule has 1 amide bonds. The molecule has 1 aromatic carbocycles. The van der Waals surface area contributed by atoms with E-state index in [-0.39, 0.29) is 16.9 Å². The van der Waals surface area contributed by atoms with Gasteiger partial charge >= 0.3 is 0 Å². The Kier molecular flexibility index (Phi) is 6.89. The van der Waals surface area contributed by atoms with Gasteiger partial charge in [0.1, 0.15) is 22.5 Å². The summed E-state index contributed by atoms with van der Waals surface area (Å²) in [7, 11) is 1.74. The molecule has 4 aromatic rings. The number of anilines is 1. The lowest BCUT2D eigenvalue weighted by molar-refractivity contribution is 0.102. The zero-order valence-corrected chi connectivity index (χ0v) is 19.5. The number of halogens is 1. The van der Waals surface area contributed by atoms with Crippen molar-refractivity contribution < 1.29 is 9.53 Å². The molecule has 2 N–H and O–H groups in total. The molecule has 0 unspecified atom stereocenters. The predicted octanol–water partition coefficient (Wildman–Crippen LogP) is 4.98. The normalized spacial score (nSPS) is 10.6. The standard InChI is InChI=1S/C25H23ClN6O2/c1-16-21(17(2)28-13-18-7-9-27-10-8-18)5-4-6-22(16)34-20-11-23(26)30-24(12-20)31-25(33)19-14-29-32(3)15-19/h4-12,14-15,28H,2,13H2,1,3H3,(H,30,31,33). The molecule has 3 aromatic heterocycles. The molecular formula is C25H23ClN6O2. The average Bonchev–Trinajstić information content (AvgIpc) is 3.26. The van der Waals surface area contributed by atoms with Gasteiger partial charge in [-0.05, 0) is 30.7 Å². The molecule has 9 heteroatoms. The highest BCUT2D eigenvalue weighted by Crippen LogP contribution is 2.31. The summed E-state index contributed by atoms with van der Waals surface area (Å²) in [4.78, 5) is 20.6. The minimum Gasteiger partial charge on any atom is -0.457 e. The van der Waals surface area contributed by atoms with E-state index in [9.17, 15) is 4.79 Å². The molecule has 0 aliphatic rings. The number of aryl methyl sites for hydroxylation is 1. The van der Waals surface area contributed by atoms with Gasteiger partial charge in [0.15, 0.2) is 0 Å². The number of nitrogens with one attached hydrogen (secondary N) is 2. The van der Waals surface area contributed by atoms with Crippen LogP contribution in [0.2, 0.25) is 5.15 Å². The van der Waals surface area contributed by atoms with Gasteiger partial charge < -0.3 is 15.4 Å². The number of hydrogen-bond donors (Lipinski definition) is 2. The molecule has 0 atom stereocenters. The zero-order chi connectivity index (χ0) is 24.1. The van der Waals surface area contributed by atoms with Crippen molar-refractivity contribution in [1.29, 1.82) is 0 Å².